The summed E-state index contributed by atoms with van der Waals surface area (Å²) in [6.45, 7) is 4.22. The van der Waals surface area contributed by atoms with Gasteiger partial charge in [-0.15, -0.1) is 0 Å². The number of rotatable bonds is 3. The number of hydrogen-bond acceptors (Lipinski definition) is 4. The monoisotopic (exact) mass is 354 g/mol. The lowest BCUT2D eigenvalue weighted by molar-refractivity contribution is 0.354. The van der Waals surface area contributed by atoms with Crippen LogP contribution in [0.5, 0.6) is 11.5 Å². The highest BCUT2D eigenvalue weighted by Crippen LogP contribution is 2.40. The maximum absolute atomic E-state index is 9.80. The van der Waals surface area contributed by atoms with Gasteiger partial charge >= 0.3 is 0 Å². The van der Waals surface area contributed by atoms with Gasteiger partial charge in [-0.3, -0.25) is 0 Å². The highest BCUT2D eigenvalue weighted by Gasteiger charge is 2.26. The van der Waals surface area contributed by atoms with E-state index in [-0.39, 0.29) is 21.8 Å². The molecule has 0 amide bonds. The third kappa shape index (κ3) is 4.44. The molecule has 25 heavy (non-hydrogen) atoms. The Hall–Kier alpha value is -2.69. The van der Waals surface area contributed by atoms with Crippen LogP contribution in [0.3, 0.4) is 0 Å². The van der Waals surface area contributed by atoms with Crippen molar-refractivity contribution in [3.8, 4) is 23.6 Å². The third-order valence-corrected chi connectivity index (χ3v) is 4.30. The van der Waals surface area contributed by atoms with Gasteiger partial charge in [-0.25, -0.2) is 0 Å². The second-order valence-electron chi connectivity index (χ2n) is 6.75. The largest absolute Gasteiger partial charge is 0.503 e. The fraction of sp³-hybridized carbons (Fsp3) is 0.300. The molecule has 0 aliphatic heterocycles. The molecule has 1 aromatic carbocycles. The first kappa shape index (κ1) is 18.6. The molecule has 0 bridgehead atoms. The quantitative estimate of drug-likeness (QED) is 0.761. The van der Waals surface area contributed by atoms with E-state index >= 15 is 0 Å². The Kier molecular flexibility index (Phi) is 5.57. The zero-order valence-corrected chi connectivity index (χ0v) is 15.2. The lowest BCUT2D eigenvalue weighted by Gasteiger charge is -2.30. The summed E-state index contributed by atoms with van der Waals surface area (Å²) in [6, 6.07) is 7.28. The molecule has 1 N–H and O–H groups in total. The SMILES string of the molecule is COc1cc(/C=C/C2=CC(=C(C#N)C#N)CC(C)(C)C2)cc(Cl)c1O. The van der Waals surface area contributed by atoms with Gasteiger partial charge < -0.3 is 9.84 Å². The molecule has 0 unspecified atom stereocenters. The number of nitriles is 2. The normalized spacial score (nSPS) is 16.1. The van der Waals surface area contributed by atoms with Crippen molar-refractivity contribution in [2.24, 2.45) is 5.41 Å². The first-order valence-electron chi connectivity index (χ1n) is 7.78. The zero-order chi connectivity index (χ0) is 18.6. The van der Waals surface area contributed by atoms with Crippen molar-refractivity contribution in [2.75, 3.05) is 7.11 Å². The first-order chi connectivity index (χ1) is 11.8. The van der Waals surface area contributed by atoms with Crippen LogP contribution in [0.4, 0.5) is 0 Å². The molecule has 0 atom stereocenters. The summed E-state index contributed by atoms with van der Waals surface area (Å²) in [5, 5.41) is 28.3. The van der Waals surface area contributed by atoms with Crippen LogP contribution in [0, 0.1) is 28.1 Å². The molecule has 0 radical (unpaired) electrons. The average molecular weight is 355 g/mol. The Morgan fingerprint density at radius 3 is 2.52 bits per heavy atom. The number of phenolic OH excluding ortho intramolecular Hbond substituents is 1. The minimum Gasteiger partial charge on any atom is -0.503 e. The van der Waals surface area contributed by atoms with E-state index in [4.69, 9.17) is 26.9 Å². The lowest BCUT2D eigenvalue weighted by atomic mass is 9.74. The minimum absolute atomic E-state index is 0.0347. The Bertz CT molecular complexity index is 849. The number of aromatic hydroxyl groups is 1. The third-order valence-electron chi connectivity index (χ3n) is 4.02. The van der Waals surface area contributed by atoms with Crippen molar-refractivity contribution in [3.05, 3.63) is 51.6 Å². The van der Waals surface area contributed by atoms with Crippen LogP contribution in [0.1, 0.15) is 32.3 Å². The number of hydrogen-bond donors (Lipinski definition) is 1. The second-order valence-corrected chi connectivity index (χ2v) is 7.15. The molecule has 1 aliphatic carbocycles. The van der Waals surface area contributed by atoms with Gasteiger partial charge in [0.05, 0.1) is 12.1 Å². The predicted octanol–water partition coefficient (Wildman–Crippen LogP) is 5.16. The van der Waals surface area contributed by atoms with Gasteiger partial charge in [-0.2, -0.15) is 10.5 Å². The highest BCUT2D eigenvalue weighted by atomic mass is 35.5. The van der Waals surface area contributed by atoms with Gasteiger partial charge in [0.15, 0.2) is 11.5 Å². The summed E-state index contributed by atoms with van der Waals surface area (Å²) < 4.78 is 5.11. The Morgan fingerprint density at radius 1 is 1.24 bits per heavy atom. The second kappa shape index (κ2) is 7.47. The van der Waals surface area contributed by atoms with Gasteiger partial charge in [0.2, 0.25) is 0 Å². The molecule has 1 aliphatic rings. The lowest BCUT2D eigenvalue weighted by Crippen LogP contribution is -2.17. The molecule has 4 nitrogen and oxygen atoms in total. The zero-order valence-electron chi connectivity index (χ0n) is 14.4. The Balaban J connectivity index is 2.40. The molecule has 5 heteroatoms. The van der Waals surface area contributed by atoms with E-state index in [9.17, 15) is 5.11 Å². The molecule has 0 saturated carbocycles. The minimum atomic E-state index is -0.0859. The Labute approximate surface area is 152 Å². The maximum Gasteiger partial charge on any atom is 0.176 e. The maximum atomic E-state index is 9.80. The molecule has 0 aromatic heterocycles. The number of nitrogens with zero attached hydrogens (tertiary/aromatic N) is 2. The van der Waals surface area contributed by atoms with Crippen LogP contribution in [0.25, 0.3) is 6.08 Å². The summed E-state index contributed by atoms with van der Waals surface area (Å²) in [7, 11) is 1.47. The van der Waals surface area contributed by atoms with Crippen molar-refractivity contribution in [2.45, 2.75) is 26.7 Å². The molecule has 0 spiro atoms. The summed E-state index contributed by atoms with van der Waals surface area (Å²) >= 11 is 6.01. The summed E-state index contributed by atoms with van der Waals surface area (Å²) in [4.78, 5) is 0. The van der Waals surface area contributed by atoms with Crippen molar-refractivity contribution >= 4 is 17.7 Å². The highest BCUT2D eigenvalue weighted by molar-refractivity contribution is 6.32. The molecular weight excluding hydrogens is 336 g/mol. The van der Waals surface area contributed by atoms with E-state index in [2.05, 4.69) is 13.8 Å². The number of methoxy groups -OCH3 is 1. The van der Waals surface area contributed by atoms with E-state index in [0.717, 1.165) is 23.1 Å². The van der Waals surface area contributed by atoms with Crippen LogP contribution in [-0.4, -0.2) is 12.2 Å². The van der Waals surface area contributed by atoms with Gasteiger partial charge in [0.25, 0.3) is 0 Å². The van der Waals surface area contributed by atoms with Crippen LogP contribution >= 0.6 is 11.6 Å². The molecule has 0 fully saturated rings. The molecule has 128 valence electrons. The predicted molar refractivity (Wildman–Crippen MR) is 98.1 cm³/mol. The first-order valence-corrected chi connectivity index (χ1v) is 8.16. The van der Waals surface area contributed by atoms with Crippen LogP contribution < -0.4 is 4.74 Å². The number of ether oxygens (including phenoxy) is 1. The molecule has 0 saturated heterocycles. The van der Waals surface area contributed by atoms with Gasteiger partial charge in [-0.1, -0.05) is 43.7 Å². The summed E-state index contributed by atoms with van der Waals surface area (Å²) in [5.41, 5.74) is 2.70. The number of phenols is 1. The van der Waals surface area contributed by atoms with E-state index < -0.39 is 0 Å². The Morgan fingerprint density at radius 2 is 1.92 bits per heavy atom. The van der Waals surface area contributed by atoms with Crippen LogP contribution in [0.2, 0.25) is 5.02 Å². The standard InChI is InChI=1S/C20H19ClN2O2/c1-20(2)9-14(6-15(10-20)16(11-22)12-23)5-4-13-7-17(21)19(24)18(8-13)25-3/h4-8,24H,9-10H2,1-3H3/b5-4+. The molecule has 0 heterocycles. The summed E-state index contributed by atoms with van der Waals surface area (Å²) in [5.74, 6) is 0.221. The van der Waals surface area contributed by atoms with E-state index in [0.29, 0.717) is 12.2 Å². The van der Waals surface area contributed by atoms with Crippen LogP contribution in [-0.2, 0) is 0 Å². The fourth-order valence-corrected chi connectivity index (χ4v) is 3.16. The molecule has 1 aromatic rings. The fourth-order valence-electron chi connectivity index (χ4n) is 2.94. The number of halogens is 1. The number of benzene rings is 1. The van der Waals surface area contributed by atoms with Crippen molar-refractivity contribution < 1.29 is 9.84 Å². The van der Waals surface area contributed by atoms with Crippen molar-refractivity contribution in [1.82, 2.24) is 0 Å². The molecule has 2 rings (SSSR count). The van der Waals surface area contributed by atoms with Crippen molar-refractivity contribution in [3.63, 3.8) is 0 Å². The van der Waals surface area contributed by atoms with E-state index in [1.165, 1.54) is 7.11 Å². The topological polar surface area (TPSA) is 77.0 Å². The smallest absolute Gasteiger partial charge is 0.176 e. The summed E-state index contributed by atoms with van der Waals surface area (Å²) in [6.07, 6.45) is 7.25. The van der Waals surface area contributed by atoms with Gasteiger partial charge in [0, 0.05) is 0 Å². The molecular formula is C20H19ClN2O2. The van der Waals surface area contributed by atoms with E-state index in [1.807, 2.05) is 30.4 Å². The average Bonchev–Trinajstić information content (AvgIpc) is 2.55. The van der Waals surface area contributed by atoms with Gasteiger partial charge in [-0.05, 0) is 47.1 Å². The van der Waals surface area contributed by atoms with Crippen LogP contribution in [0.15, 0.2) is 41.0 Å². The van der Waals surface area contributed by atoms with E-state index in [1.54, 1.807) is 12.1 Å². The number of allylic oxidation sites excluding steroid dienone is 5. The van der Waals surface area contributed by atoms with Gasteiger partial charge in [0.1, 0.15) is 17.7 Å². The van der Waals surface area contributed by atoms with Crippen molar-refractivity contribution in [1.29, 1.82) is 10.5 Å².